The maximum absolute atomic E-state index is 13.4. The fraction of sp³-hybridized carbons (Fsp3) is 0.357. The molecule has 0 saturated carbocycles. The Labute approximate surface area is 111 Å². The van der Waals surface area contributed by atoms with Crippen molar-refractivity contribution < 1.29 is 8.78 Å². The molecule has 1 unspecified atom stereocenters. The highest BCUT2D eigenvalue weighted by Gasteiger charge is 2.18. The average Bonchev–Trinajstić information content (AvgIpc) is 2.75. The van der Waals surface area contributed by atoms with Gasteiger partial charge in [0.2, 0.25) is 0 Å². The van der Waals surface area contributed by atoms with Crippen molar-refractivity contribution in [2.45, 2.75) is 19.4 Å². The number of halogens is 2. The van der Waals surface area contributed by atoms with E-state index in [9.17, 15) is 8.78 Å². The van der Waals surface area contributed by atoms with Crippen LogP contribution in [0.5, 0.6) is 0 Å². The van der Waals surface area contributed by atoms with E-state index in [0.717, 1.165) is 24.9 Å². The summed E-state index contributed by atoms with van der Waals surface area (Å²) in [5.74, 6) is -0.418. The van der Waals surface area contributed by atoms with Crippen molar-refractivity contribution in [3.63, 3.8) is 0 Å². The monoisotopic (exact) mass is 265 g/mol. The molecule has 1 aromatic carbocycles. The Morgan fingerprint density at radius 3 is 2.47 bits per heavy atom. The van der Waals surface area contributed by atoms with Gasteiger partial charge in [-0.25, -0.2) is 13.8 Å². The predicted octanol–water partition coefficient (Wildman–Crippen LogP) is 2.79. The summed E-state index contributed by atoms with van der Waals surface area (Å²) in [6, 6.07) is 3.24. The highest BCUT2D eigenvalue weighted by Crippen LogP contribution is 2.22. The van der Waals surface area contributed by atoms with Gasteiger partial charge in [0.1, 0.15) is 17.5 Å². The largest absolute Gasteiger partial charge is 0.336 e. The van der Waals surface area contributed by atoms with E-state index < -0.39 is 11.6 Å². The first-order valence-corrected chi connectivity index (χ1v) is 6.28. The van der Waals surface area contributed by atoms with Gasteiger partial charge in [-0.1, -0.05) is 6.92 Å². The summed E-state index contributed by atoms with van der Waals surface area (Å²) >= 11 is 0. The van der Waals surface area contributed by atoms with Crippen molar-refractivity contribution in [2.24, 2.45) is 7.05 Å². The molecule has 0 spiro atoms. The summed E-state index contributed by atoms with van der Waals surface area (Å²) in [5, 5.41) is 3.27. The lowest BCUT2D eigenvalue weighted by Gasteiger charge is -2.19. The first-order chi connectivity index (χ1) is 9.11. The van der Waals surface area contributed by atoms with E-state index in [-0.39, 0.29) is 6.04 Å². The van der Waals surface area contributed by atoms with Crippen molar-refractivity contribution in [3.05, 3.63) is 53.6 Å². The average molecular weight is 265 g/mol. The van der Waals surface area contributed by atoms with Crippen LogP contribution in [0, 0.1) is 11.6 Å². The summed E-state index contributed by atoms with van der Waals surface area (Å²) < 4.78 is 28.6. The first-order valence-electron chi connectivity index (χ1n) is 6.28. The summed E-state index contributed by atoms with van der Waals surface area (Å²) in [5.41, 5.74) is 0.542. The quantitative estimate of drug-likeness (QED) is 0.901. The second kappa shape index (κ2) is 5.93. The number of imidazole rings is 1. The Hall–Kier alpha value is -1.75. The normalized spacial score (nSPS) is 12.6. The third kappa shape index (κ3) is 3.17. The standard InChI is InChI=1S/C14H17F2N3/c1-3-4-17-13(14-18-5-6-19(14)2)10-7-11(15)9-12(16)8-10/h5-9,13,17H,3-4H2,1-2H3. The van der Waals surface area contributed by atoms with E-state index in [2.05, 4.69) is 10.3 Å². The van der Waals surface area contributed by atoms with Gasteiger partial charge in [-0.15, -0.1) is 0 Å². The highest BCUT2D eigenvalue weighted by atomic mass is 19.1. The zero-order chi connectivity index (χ0) is 13.8. The molecule has 1 aromatic heterocycles. The van der Waals surface area contributed by atoms with Gasteiger partial charge < -0.3 is 9.88 Å². The predicted molar refractivity (Wildman–Crippen MR) is 69.7 cm³/mol. The van der Waals surface area contributed by atoms with Crippen molar-refractivity contribution in [1.82, 2.24) is 14.9 Å². The third-order valence-corrected chi connectivity index (χ3v) is 2.93. The second-order valence-electron chi connectivity index (χ2n) is 4.49. The number of aryl methyl sites for hydroxylation is 1. The maximum Gasteiger partial charge on any atom is 0.130 e. The Balaban J connectivity index is 2.39. The summed E-state index contributed by atoms with van der Waals surface area (Å²) in [4.78, 5) is 4.26. The molecule has 0 aliphatic carbocycles. The van der Waals surface area contributed by atoms with Crippen LogP contribution < -0.4 is 5.32 Å². The van der Waals surface area contributed by atoms with Crippen molar-refractivity contribution in [3.8, 4) is 0 Å². The van der Waals surface area contributed by atoms with Crippen molar-refractivity contribution in [2.75, 3.05) is 6.54 Å². The van der Waals surface area contributed by atoms with Crippen molar-refractivity contribution in [1.29, 1.82) is 0 Å². The molecule has 1 atom stereocenters. The zero-order valence-corrected chi connectivity index (χ0v) is 11.0. The Bertz CT molecular complexity index is 531. The van der Waals surface area contributed by atoms with Crippen molar-refractivity contribution >= 4 is 0 Å². The van der Waals surface area contributed by atoms with Gasteiger partial charge in [-0.3, -0.25) is 0 Å². The van der Waals surface area contributed by atoms with E-state index in [0.29, 0.717) is 5.56 Å². The van der Waals surface area contributed by atoms with Crippen LogP contribution in [0.3, 0.4) is 0 Å². The molecular formula is C14H17F2N3. The fourth-order valence-electron chi connectivity index (χ4n) is 2.04. The lowest BCUT2D eigenvalue weighted by molar-refractivity contribution is 0.536. The molecule has 0 radical (unpaired) electrons. The van der Waals surface area contributed by atoms with Gasteiger partial charge in [0.15, 0.2) is 0 Å². The SMILES string of the molecule is CCCNC(c1cc(F)cc(F)c1)c1nccn1C. The van der Waals surface area contributed by atoms with E-state index in [1.807, 2.05) is 24.7 Å². The number of rotatable bonds is 5. The number of hydrogen-bond acceptors (Lipinski definition) is 2. The second-order valence-corrected chi connectivity index (χ2v) is 4.49. The number of benzene rings is 1. The molecule has 19 heavy (non-hydrogen) atoms. The molecule has 0 aliphatic heterocycles. The van der Waals surface area contributed by atoms with Gasteiger partial charge in [0.25, 0.3) is 0 Å². The number of nitrogens with zero attached hydrogens (tertiary/aromatic N) is 2. The molecule has 102 valence electrons. The smallest absolute Gasteiger partial charge is 0.130 e. The van der Waals surface area contributed by atoms with Gasteiger partial charge in [-0.2, -0.15) is 0 Å². The third-order valence-electron chi connectivity index (χ3n) is 2.93. The molecule has 5 heteroatoms. The van der Waals surface area contributed by atoms with Gasteiger partial charge in [-0.05, 0) is 30.7 Å². The summed E-state index contributed by atoms with van der Waals surface area (Å²) in [6.07, 6.45) is 4.41. The van der Waals surface area contributed by atoms with E-state index in [1.165, 1.54) is 12.1 Å². The van der Waals surface area contributed by atoms with E-state index in [1.54, 1.807) is 6.20 Å². The molecule has 1 heterocycles. The highest BCUT2D eigenvalue weighted by molar-refractivity contribution is 5.26. The van der Waals surface area contributed by atoms with Crippen LogP contribution in [0.1, 0.15) is 30.8 Å². The Kier molecular flexibility index (Phi) is 4.27. The summed E-state index contributed by atoms with van der Waals surface area (Å²) in [7, 11) is 1.86. The zero-order valence-electron chi connectivity index (χ0n) is 11.0. The van der Waals surface area contributed by atoms with Crippen LogP contribution in [0.25, 0.3) is 0 Å². The van der Waals surface area contributed by atoms with Crippen LogP contribution in [-0.4, -0.2) is 16.1 Å². The molecule has 2 rings (SSSR count). The minimum Gasteiger partial charge on any atom is -0.336 e. The summed E-state index contributed by atoms with van der Waals surface area (Å²) in [6.45, 7) is 2.78. The van der Waals surface area contributed by atoms with Crippen LogP contribution >= 0.6 is 0 Å². The number of nitrogens with one attached hydrogen (secondary N) is 1. The molecule has 0 aliphatic rings. The minimum absolute atomic E-state index is 0.315. The van der Waals surface area contributed by atoms with Gasteiger partial charge >= 0.3 is 0 Å². The molecule has 0 bridgehead atoms. The fourth-order valence-corrected chi connectivity index (χ4v) is 2.04. The topological polar surface area (TPSA) is 29.9 Å². The van der Waals surface area contributed by atoms with Crippen LogP contribution in [0.15, 0.2) is 30.6 Å². The molecule has 3 nitrogen and oxygen atoms in total. The van der Waals surface area contributed by atoms with E-state index in [4.69, 9.17) is 0 Å². The minimum atomic E-state index is -0.576. The lowest BCUT2D eigenvalue weighted by Crippen LogP contribution is -2.26. The van der Waals surface area contributed by atoms with E-state index >= 15 is 0 Å². The molecule has 1 N–H and O–H groups in total. The molecule has 0 fully saturated rings. The molecule has 0 saturated heterocycles. The van der Waals surface area contributed by atoms with Crippen LogP contribution in [0.4, 0.5) is 8.78 Å². The lowest BCUT2D eigenvalue weighted by atomic mass is 10.1. The van der Waals surface area contributed by atoms with Gasteiger partial charge in [0.05, 0.1) is 6.04 Å². The Morgan fingerprint density at radius 1 is 1.26 bits per heavy atom. The molecule has 0 amide bonds. The maximum atomic E-state index is 13.4. The van der Waals surface area contributed by atoms with Gasteiger partial charge in [0, 0.05) is 25.5 Å². The Morgan fingerprint density at radius 2 is 1.95 bits per heavy atom. The van der Waals surface area contributed by atoms with Crippen LogP contribution in [0.2, 0.25) is 0 Å². The number of hydrogen-bond donors (Lipinski definition) is 1. The first kappa shape index (κ1) is 13.7. The number of aromatic nitrogens is 2. The van der Waals surface area contributed by atoms with Crippen LogP contribution in [-0.2, 0) is 7.05 Å². The molecule has 2 aromatic rings. The molecular weight excluding hydrogens is 248 g/mol.